The lowest BCUT2D eigenvalue weighted by Gasteiger charge is -2.08. The molecule has 0 aromatic heterocycles. The predicted octanol–water partition coefficient (Wildman–Crippen LogP) is 2.34. The van der Waals surface area contributed by atoms with Crippen LogP contribution in [0.5, 0.6) is 11.5 Å². The molecule has 96 valence electrons. The SMILES string of the molecule is CC[C@@H](C)NC(=O)/C=C\c1ccc2c(c1)OCO2. The van der Waals surface area contributed by atoms with Crippen LogP contribution in [0.1, 0.15) is 25.8 Å². The molecule has 1 aromatic rings. The number of rotatable bonds is 4. The van der Waals surface area contributed by atoms with Gasteiger partial charge in [0.2, 0.25) is 12.7 Å². The van der Waals surface area contributed by atoms with E-state index >= 15 is 0 Å². The van der Waals surface area contributed by atoms with Crippen LogP contribution in [0, 0.1) is 0 Å². The van der Waals surface area contributed by atoms with E-state index in [2.05, 4.69) is 5.32 Å². The fourth-order valence-corrected chi connectivity index (χ4v) is 1.58. The highest BCUT2D eigenvalue weighted by molar-refractivity contribution is 5.91. The fourth-order valence-electron chi connectivity index (χ4n) is 1.58. The van der Waals surface area contributed by atoms with E-state index in [9.17, 15) is 4.79 Å². The Morgan fingerprint density at radius 2 is 2.22 bits per heavy atom. The van der Waals surface area contributed by atoms with Gasteiger partial charge in [-0.15, -0.1) is 0 Å². The first-order valence-electron chi connectivity index (χ1n) is 6.07. The maximum atomic E-state index is 11.6. The van der Waals surface area contributed by atoms with Crippen molar-refractivity contribution in [3.05, 3.63) is 29.8 Å². The van der Waals surface area contributed by atoms with Crippen LogP contribution >= 0.6 is 0 Å². The summed E-state index contributed by atoms with van der Waals surface area (Å²) in [6.45, 7) is 4.27. The smallest absolute Gasteiger partial charge is 0.244 e. The molecule has 0 fully saturated rings. The van der Waals surface area contributed by atoms with Crippen molar-refractivity contribution in [1.82, 2.24) is 5.32 Å². The first-order valence-corrected chi connectivity index (χ1v) is 6.07. The zero-order valence-electron chi connectivity index (χ0n) is 10.6. The van der Waals surface area contributed by atoms with Crippen molar-refractivity contribution in [1.29, 1.82) is 0 Å². The Labute approximate surface area is 107 Å². The Kier molecular flexibility index (Phi) is 3.87. The van der Waals surface area contributed by atoms with E-state index in [1.807, 2.05) is 32.0 Å². The number of carbonyl (C=O) groups excluding carboxylic acids is 1. The van der Waals surface area contributed by atoms with Gasteiger partial charge >= 0.3 is 0 Å². The van der Waals surface area contributed by atoms with E-state index in [1.165, 1.54) is 6.08 Å². The average molecular weight is 247 g/mol. The van der Waals surface area contributed by atoms with Gasteiger partial charge in [-0.1, -0.05) is 13.0 Å². The standard InChI is InChI=1S/C14H17NO3/c1-3-10(2)15-14(16)7-5-11-4-6-12-13(8-11)18-9-17-12/h4-8,10H,3,9H2,1-2H3,(H,15,16)/b7-5-/t10-/m1/s1. The molecule has 0 bridgehead atoms. The predicted molar refractivity (Wildman–Crippen MR) is 69.5 cm³/mol. The zero-order valence-corrected chi connectivity index (χ0v) is 10.6. The van der Waals surface area contributed by atoms with E-state index in [1.54, 1.807) is 6.08 Å². The second-order valence-corrected chi connectivity index (χ2v) is 4.26. The number of carbonyl (C=O) groups is 1. The number of amides is 1. The molecule has 0 spiro atoms. The molecule has 1 aliphatic heterocycles. The zero-order chi connectivity index (χ0) is 13.0. The second-order valence-electron chi connectivity index (χ2n) is 4.26. The first kappa shape index (κ1) is 12.5. The number of ether oxygens (including phenoxy) is 2. The molecule has 1 aliphatic rings. The fraction of sp³-hybridized carbons (Fsp3) is 0.357. The molecule has 1 amide bonds. The average Bonchev–Trinajstić information content (AvgIpc) is 2.83. The molecule has 0 saturated carbocycles. The van der Waals surface area contributed by atoms with E-state index in [-0.39, 0.29) is 18.7 Å². The highest BCUT2D eigenvalue weighted by Gasteiger charge is 2.12. The molecule has 0 unspecified atom stereocenters. The second kappa shape index (κ2) is 5.58. The van der Waals surface area contributed by atoms with Crippen LogP contribution in [-0.2, 0) is 4.79 Å². The summed E-state index contributed by atoms with van der Waals surface area (Å²) in [5, 5.41) is 2.87. The molecule has 4 nitrogen and oxygen atoms in total. The van der Waals surface area contributed by atoms with Crippen molar-refractivity contribution in [2.45, 2.75) is 26.3 Å². The summed E-state index contributed by atoms with van der Waals surface area (Å²) in [6, 6.07) is 5.78. The van der Waals surface area contributed by atoms with Crippen LogP contribution in [-0.4, -0.2) is 18.7 Å². The monoisotopic (exact) mass is 247 g/mol. The summed E-state index contributed by atoms with van der Waals surface area (Å²) in [6.07, 6.45) is 4.22. The van der Waals surface area contributed by atoms with Crippen molar-refractivity contribution in [3.8, 4) is 11.5 Å². The van der Waals surface area contributed by atoms with E-state index in [4.69, 9.17) is 9.47 Å². The number of nitrogens with one attached hydrogen (secondary N) is 1. The molecule has 1 heterocycles. The van der Waals surface area contributed by atoms with Gasteiger partial charge in [0.25, 0.3) is 0 Å². The lowest BCUT2D eigenvalue weighted by molar-refractivity contribution is -0.117. The van der Waals surface area contributed by atoms with Crippen LogP contribution in [0.4, 0.5) is 0 Å². The van der Waals surface area contributed by atoms with Crippen LogP contribution in [0.2, 0.25) is 0 Å². The third-order valence-electron chi connectivity index (χ3n) is 2.82. The van der Waals surface area contributed by atoms with Gasteiger partial charge in [0.05, 0.1) is 0 Å². The number of hydrogen-bond donors (Lipinski definition) is 1. The van der Waals surface area contributed by atoms with Crippen molar-refractivity contribution in [2.24, 2.45) is 0 Å². The van der Waals surface area contributed by atoms with Crippen LogP contribution in [0.3, 0.4) is 0 Å². The Morgan fingerprint density at radius 1 is 1.44 bits per heavy atom. The van der Waals surface area contributed by atoms with Crippen molar-refractivity contribution in [3.63, 3.8) is 0 Å². The highest BCUT2D eigenvalue weighted by atomic mass is 16.7. The minimum absolute atomic E-state index is 0.0815. The Balaban J connectivity index is 1.98. The Hall–Kier alpha value is -1.97. The summed E-state index contributed by atoms with van der Waals surface area (Å²) < 4.78 is 10.5. The van der Waals surface area contributed by atoms with Crippen molar-refractivity contribution in [2.75, 3.05) is 6.79 Å². The topological polar surface area (TPSA) is 47.6 Å². The molecule has 0 saturated heterocycles. The molecule has 0 aliphatic carbocycles. The molecule has 1 atom stereocenters. The third-order valence-corrected chi connectivity index (χ3v) is 2.82. The Bertz CT molecular complexity index is 468. The van der Waals surface area contributed by atoms with Gasteiger partial charge in [0.1, 0.15) is 0 Å². The van der Waals surface area contributed by atoms with Crippen LogP contribution in [0.15, 0.2) is 24.3 Å². The number of hydrogen-bond acceptors (Lipinski definition) is 3. The van der Waals surface area contributed by atoms with Crippen LogP contribution in [0.25, 0.3) is 6.08 Å². The summed E-state index contributed by atoms with van der Waals surface area (Å²) in [5.41, 5.74) is 0.915. The summed E-state index contributed by atoms with van der Waals surface area (Å²) in [7, 11) is 0. The van der Waals surface area contributed by atoms with E-state index in [0.29, 0.717) is 0 Å². The van der Waals surface area contributed by atoms with Gasteiger partial charge in [0, 0.05) is 12.1 Å². The van der Waals surface area contributed by atoms with Crippen molar-refractivity contribution >= 4 is 12.0 Å². The summed E-state index contributed by atoms with van der Waals surface area (Å²) >= 11 is 0. The lowest BCUT2D eigenvalue weighted by atomic mass is 10.2. The molecule has 2 rings (SSSR count). The quantitative estimate of drug-likeness (QED) is 0.831. The van der Waals surface area contributed by atoms with Crippen LogP contribution < -0.4 is 14.8 Å². The van der Waals surface area contributed by atoms with E-state index in [0.717, 1.165) is 23.5 Å². The summed E-state index contributed by atoms with van der Waals surface area (Å²) in [4.78, 5) is 11.6. The minimum Gasteiger partial charge on any atom is -0.454 e. The molecular formula is C14H17NO3. The Morgan fingerprint density at radius 3 is 3.00 bits per heavy atom. The molecular weight excluding hydrogens is 230 g/mol. The van der Waals surface area contributed by atoms with Gasteiger partial charge in [-0.3, -0.25) is 4.79 Å². The van der Waals surface area contributed by atoms with Gasteiger partial charge in [-0.05, 0) is 37.1 Å². The van der Waals surface area contributed by atoms with Gasteiger partial charge < -0.3 is 14.8 Å². The van der Waals surface area contributed by atoms with E-state index < -0.39 is 0 Å². The molecule has 4 heteroatoms. The maximum Gasteiger partial charge on any atom is 0.244 e. The van der Waals surface area contributed by atoms with Gasteiger partial charge in [-0.2, -0.15) is 0 Å². The minimum atomic E-state index is -0.0815. The lowest BCUT2D eigenvalue weighted by Crippen LogP contribution is -2.30. The van der Waals surface area contributed by atoms with Gasteiger partial charge in [-0.25, -0.2) is 0 Å². The molecule has 18 heavy (non-hydrogen) atoms. The molecule has 0 radical (unpaired) electrons. The molecule has 1 N–H and O–H groups in total. The maximum absolute atomic E-state index is 11.6. The highest BCUT2D eigenvalue weighted by Crippen LogP contribution is 2.32. The number of fused-ring (bicyclic) bond motifs is 1. The normalized spacial score (nSPS) is 14.8. The summed E-state index contributed by atoms with van der Waals surface area (Å²) in [5.74, 6) is 1.39. The first-order chi connectivity index (χ1) is 8.69. The third kappa shape index (κ3) is 3.03. The number of benzene rings is 1. The molecule has 1 aromatic carbocycles. The van der Waals surface area contributed by atoms with Gasteiger partial charge in [0.15, 0.2) is 11.5 Å². The van der Waals surface area contributed by atoms with Crippen molar-refractivity contribution < 1.29 is 14.3 Å². The largest absolute Gasteiger partial charge is 0.454 e.